The summed E-state index contributed by atoms with van der Waals surface area (Å²) >= 11 is 5.76. The standard InChI is InChI=1S/C12H16ClFN2O3S/c1-19-7-8-2-3-16(6-8)20(17,18)11-5-9(13)4-10(15)12(11)14/h4-5,8H,2-3,6-7,15H2,1H3. The first kappa shape index (κ1) is 15.5. The van der Waals surface area contributed by atoms with Gasteiger partial charge in [0.25, 0.3) is 0 Å². The van der Waals surface area contributed by atoms with Gasteiger partial charge >= 0.3 is 0 Å². The van der Waals surface area contributed by atoms with Gasteiger partial charge in [-0.05, 0) is 24.5 Å². The molecule has 0 saturated carbocycles. The van der Waals surface area contributed by atoms with E-state index >= 15 is 0 Å². The number of hydrogen-bond donors (Lipinski definition) is 1. The second-order valence-electron chi connectivity index (χ2n) is 4.78. The largest absolute Gasteiger partial charge is 0.396 e. The van der Waals surface area contributed by atoms with Crippen LogP contribution in [0.2, 0.25) is 5.02 Å². The van der Waals surface area contributed by atoms with Gasteiger partial charge in [0.2, 0.25) is 10.0 Å². The molecule has 1 atom stereocenters. The summed E-state index contributed by atoms with van der Waals surface area (Å²) in [4.78, 5) is -0.472. The quantitative estimate of drug-likeness (QED) is 0.857. The molecule has 1 aliphatic heterocycles. The Kier molecular flexibility index (Phi) is 4.53. The summed E-state index contributed by atoms with van der Waals surface area (Å²) in [5.74, 6) is -0.834. The van der Waals surface area contributed by atoms with Crippen LogP contribution < -0.4 is 5.73 Å². The smallest absolute Gasteiger partial charge is 0.246 e. The van der Waals surface area contributed by atoms with Gasteiger partial charge in [0.1, 0.15) is 4.90 Å². The van der Waals surface area contributed by atoms with Gasteiger partial charge in [0.05, 0.1) is 12.3 Å². The van der Waals surface area contributed by atoms with Crippen LogP contribution in [-0.2, 0) is 14.8 Å². The third-order valence-corrected chi connectivity index (χ3v) is 5.38. The Bertz CT molecular complexity index is 609. The van der Waals surface area contributed by atoms with E-state index in [4.69, 9.17) is 22.1 Å². The fourth-order valence-electron chi connectivity index (χ4n) is 2.30. The number of benzene rings is 1. The molecular formula is C12H16ClFN2O3S. The first-order valence-electron chi connectivity index (χ1n) is 6.10. The van der Waals surface area contributed by atoms with Crippen molar-refractivity contribution < 1.29 is 17.5 Å². The van der Waals surface area contributed by atoms with Crippen LogP contribution in [0.1, 0.15) is 6.42 Å². The van der Waals surface area contributed by atoms with Crippen molar-refractivity contribution in [2.45, 2.75) is 11.3 Å². The number of sulfonamides is 1. The molecule has 2 N–H and O–H groups in total. The lowest BCUT2D eigenvalue weighted by molar-refractivity contribution is 0.157. The number of anilines is 1. The maximum atomic E-state index is 14.0. The third kappa shape index (κ3) is 2.90. The van der Waals surface area contributed by atoms with Crippen LogP contribution in [0.4, 0.5) is 10.1 Å². The first-order valence-corrected chi connectivity index (χ1v) is 7.91. The Labute approximate surface area is 122 Å². The van der Waals surface area contributed by atoms with Gasteiger partial charge in [-0.1, -0.05) is 11.6 Å². The van der Waals surface area contributed by atoms with Gasteiger partial charge in [-0.15, -0.1) is 0 Å². The molecule has 0 amide bonds. The lowest BCUT2D eigenvalue weighted by Gasteiger charge is -2.17. The number of methoxy groups -OCH3 is 1. The average Bonchev–Trinajstić information content (AvgIpc) is 2.83. The van der Waals surface area contributed by atoms with E-state index in [2.05, 4.69) is 0 Å². The fraction of sp³-hybridized carbons (Fsp3) is 0.500. The highest BCUT2D eigenvalue weighted by Gasteiger charge is 2.34. The van der Waals surface area contributed by atoms with E-state index in [1.54, 1.807) is 7.11 Å². The zero-order valence-electron chi connectivity index (χ0n) is 11.0. The van der Waals surface area contributed by atoms with Crippen LogP contribution in [0.25, 0.3) is 0 Å². The lowest BCUT2D eigenvalue weighted by Crippen LogP contribution is -2.30. The number of rotatable bonds is 4. The summed E-state index contributed by atoms with van der Waals surface area (Å²) in [6.45, 7) is 1.12. The Morgan fingerprint density at radius 1 is 1.55 bits per heavy atom. The normalized spacial score (nSPS) is 20.4. The van der Waals surface area contributed by atoms with Crippen molar-refractivity contribution in [3.8, 4) is 0 Å². The van der Waals surface area contributed by atoms with Crippen molar-refractivity contribution in [2.24, 2.45) is 5.92 Å². The van der Waals surface area contributed by atoms with Gasteiger partial charge < -0.3 is 10.5 Å². The average molecular weight is 323 g/mol. The molecule has 8 heteroatoms. The molecule has 1 aromatic rings. The number of ether oxygens (including phenoxy) is 1. The monoisotopic (exact) mass is 322 g/mol. The highest BCUT2D eigenvalue weighted by atomic mass is 35.5. The predicted octanol–water partition coefficient (Wildman–Crippen LogP) is 1.72. The molecule has 1 aliphatic rings. The highest BCUT2D eigenvalue weighted by Crippen LogP contribution is 2.30. The van der Waals surface area contributed by atoms with E-state index in [1.165, 1.54) is 10.4 Å². The second kappa shape index (κ2) is 5.85. The molecular weight excluding hydrogens is 307 g/mol. The van der Waals surface area contributed by atoms with Gasteiger partial charge in [-0.3, -0.25) is 0 Å². The molecule has 1 aromatic carbocycles. The SMILES string of the molecule is COCC1CCN(S(=O)(=O)c2cc(Cl)cc(N)c2F)C1. The molecule has 5 nitrogen and oxygen atoms in total. The maximum absolute atomic E-state index is 14.0. The summed E-state index contributed by atoms with van der Waals surface area (Å²) in [6, 6.07) is 2.28. The van der Waals surface area contributed by atoms with E-state index in [9.17, 15) is 12.8 Å². The molecule has 0 bridgehead atoms. The molecule has 1 fully saturated rings. The summed E-state index contributed by atoms with van der Waals surface area (Å²) < 4.78 is 45.1. The molecule has 2 rings (SSSR count). The number of hydrogen-bond acceptors (Lipinski definition) is 4. The van der Waals surface area contributed by atoms with Crippen LogP contribution in [0, 0.1) is 11.7 Å². The minimum absolute atomic E-state index is 0.0927. The van der Waals surface area contributed by atoms with E-state index in [1.807, 2.05) is 0 Å². The van der Waals surface area contributed by atoms with Crippen LogP contribution in [0.5, 0.6) is 0 Å². The molecule has 0 radical (unpaired) electrons. The molecule has 1 unspecified atom stereocenters. The minimum atomic E-state index is -3.93. The molecule has 20 heavy (non-hydrogen) atoms. The Morgan fingerprint density at radius 3 is 2.90 bits per heavy atom. The van der Waals surface area contributed by atoms with Crippen molar-refractivity contribution in [1.82, 2.24) is 4.31 Å². The van der Waals surface area contributed by atoms with E-state index in [0.29, 0.717) is 26.1 Å². The van der Waals surface area contributed by atoms with Crippen LogP contribution in [-0.4, -0.2) is 39.5 Å². The zero-order valence-corrected chi connectivity index (χ0v) is 12.5. The zero-order chi connectivity index (χ0) is 14.9. The van der Waals surface area contributed by atoms with E-state index < -0.39 is 20.7 Å². The van der Waals surface area contributed by atoms with Crippen LogP contribution in [0.3, 0.4) is 0 Å². The van der Waals surface area contributed by atoms with Gasteiger partial charge in [-0.25, -0.2) is 12.8 Å². The summed E-state index contributed by atoms with van der Waals surface area (Å²) in [5, 5.41) is 0.0927. The predicted molar refractivity (Wildman–Crippen MR) is 74.6 cm³/mol. The van der Waals surface area contributed by atoms with Crippen molar-refractivity contribution >= 4 is 27.3 Å². The van der Waals surface area contributed by atoms with Gasteiger partial charge in [0, 0.05) is 25.2 Å². The number of nitrogen functional groups attached to an aromatic ring is 1. The van der Waals surface area contributed by atoms with Gasteiger partial charge in [-0.2, -0.15) is 4.31 Å². The van der Waals surface area contributed by atoms with Crippen molar-refractivity contribution in [3.05, 3.63) is 23.0 Å². The number of nitrogens with zero attached hydrogens (tertiary/aromatic N) is 1. The van der Waals surface area contributed by atoms with Crippen molar-refractivity contribution in [3.63, 3.8) is 0 Å². The minimum Gasteiger partial charge on any atom is -0.396 e. The molecule has 0 spiro atoms. The van der Waals surface area contributed by atoms with Crippen molar-refractivity contribution in [1.29, 1.82) is 0 Å². The summed E-state index contributed by atoms with van der Waals surface area (Å²) in [6.07, 6.45) is 0.685. The Balaban J connectivity index is 2.32. The topological polar surface area (TPSA) is 72.6 Å². The Morgan fingerprint density at radius 2 is 2.25 bits per heavy atom. The van der Waals surface area contributed by atoms with Gasteiger partial charge in [0.15, 0.2) is 5.82 Å². The molecule has 1 saturated heterocycles. The molecule has 0 aliphatic carbocycles. The first-order chi connectivity index (χ1) is 9.36. The van der Waals surface area contributed by atoms with Crippen LogP contribution >= 0.6 is 11.6 Å². The summed E-state index contributed by atoms with van der Waals surface area (Å²) in [7, 11) is -2.36. The second-order valence-corrected chi connectivity index (χ2v) is 7.12. The molecule has 112 valence electrons. The number of halogens is 2. The third-order valence-electron chi connectivity index (χ3n) is 3.30. The van der Waals surface area contributed by atoms with E-state index in [-0.39, 0.29) is 16.6 Å². The van der Waals surface area contributed by atoms with E-state index in [0.717, 1.165) is 6.07 Å². The fourth-order valence-corrected chi connectivity index (χ4v) is 4.24. The summed E-state index contributed by atoms with van der Waals surface area (Å²) in [5.41, 5.74) is 5.16. The Hall–Kier alpha value is -0.890. The lowest BCUT2D eigenvalue weighted by atomic mass is 10.1. The highest BCUT2D eigenvalue weighted by molar-refractivity contribution is 7.89. The van der Waals surface area contributed by atoms with Crippen LogP contribution in [0.15, 0.2) is 17.0 Å². The maximum Gasteiger partial charge on any atom is 0.246 e. The van der Waals surface area contributed by atoms with Crippen molar-refractivity contribution in [2.75, 3.05) is 32.5 Å². The number of nitrogens with two attached hydrogens (primary N) is 1. The molecule has 1 heterocycles. The molecule has 0 aromatic heterocycles.